The predicted molar refractivity (Wildman–Crippen MR) is 111 cm³/mol. The fraction of sp³-hybridized carbons (Fsp3) is 0.208. The molecule has 0 saturated carbocycles. The highest BCUT2D eigenvalue weighted by atomic mass is 16.6. The highest BCUT2D eigenvalue weighted by molar-refractivity contribution is 5.96. The van der Waals surface area contributed by atoms with Crippen molar-refractivity contribution < 1.29 is 19.4 Å². The Bertz CT molecular complexity index is 1000. The van der Waals surface area contributed by atoms with Crippen LogP contribution in [0, 0.1) is 0 Å². The van der Waals surface area contributed by atoms with Crippen molar-refractivity contribution in [1.82, 2.24) is 4.90 Å². The summed E-state index contributed by atoms with van der Waals surface area (Å²) >= 11 is 0. The van der Waals surface area contributed by atoms with E-state index in [-0.39, 0.29) is 23.3 Å². The molecule has 3 aromatic carbocycles. The number of benzene rings is 3. The van der Waals surface area contributed by atoms with E-state index >= 15 is 0 Å². The Hall–Kier alpha value is -3.47. The number of amides is 1. The molecule has 0 aromatic heterocycles. The normalized spacial score (nSPS) is 15.0. The monoisotopic (exact) mass is 389 g/mol. The molecule has 1 N–H and O–H groups in total. The van der Waals surface area contributed by atoms with E-state index in [0.717, 1.165) is 11.1 Å². The van der Waals surface area contributed by atoms with Gasteiger partial charge in [-0.1, -0.05) is 48.5 Å². The van der Waals surface area contributed by atoms with Crippen LogP contribution in [0.4, 0.5) is 0 Å². The first-order chi connectivity index (χ1) is 14.1. The zero-order chi connectivity index (χ0) is 20.2. The van der Waals surface area contributed by atoms with E-state index in [1.807, 2.05) is 60.7 Å². The molecule has 5 nitrogen and oxygen atoms in total. The number of phenols is 1. The second-order valence-electron chi connectivity index (χ2n) is 7.20. The van der Waals surface area contributed by atoms with E-state index in [4.69, 9.17) is 9.47 Å². The van der Waals surface area contributed by atoms with Gasteiger partial charge in [-0.15, -0.1) is 0 Å². The van der Waals surface area contributed by atoms with Gasteiger partial charge in [-0.2, -0.15) is 0 Å². The van der Waals surface area contributed by atoms with Gasteiger partial charge in [0, 0.05) is 7.05 Å². The Morgan fingerprint density at radius 3 is 2.52 bits per heavy atom. The maximum absolute atomic E-state index is 13.0. The van der Waals surface area contributed by atoms with Crippen molar-refractivity contribution in [3.05, 3.63) is 89.5 Å². The molecule has 3 aromatic rings. The van der Waals surface area contributed by atoms with E-state index in [1.165, 1.54) is 0 Å². The average molecular weight is 389 g/mol. The molecule has 1 aliphatic rings. The summed E-state index contributed by atoms with van der Waals surface area (Å²) in [7, 11) is 1.70. The van der Waals surface area contributed by atoms with Crippen LogP contribution in [-0.4, -0.2) is 42.2 Å². The fourth-order valence-electron chi connectivity index (χ4n) is 3.44. The van der Waals surface area contributed by atoms with Crippen molar-refractivity contribution in [3.63, 3.8) is 0 Å². The molecule has 0 bridgehead atoms. The first-order valence-electron chi connectivity index (χ1n) is 9.60. The number of carbonyl (C=O) groups is 1. The van der Waals surface area contributed by atoms with Gasteiger partial charge < -0.3 is 19.5 Å². The predicted octanol–water partition coefficient (Wildman–Crippen LogP) is 3.90. The number of para-hydroxylation sites is 2. The van der Waals surface area contributed by atoms with Crippen LogP contribution >= 0.6 is 0 Å². The summed E-state index contributed by atoms with van der Waals surface area (Å²) in [4.78, 5) is 14.5. The number of ether oxygens (including phenoxy) is 2. The van der Waals surface area contributed by atoms with Gasteiger partial charge in [0.25, 0.3) is 5.91 Å². The number of fused-ring (bicyclic) bond motifs is 1. The van der Waals surface area contributed by atoms with Crippen molar-refractivity contribution in [3.8, 4) is 17.2 Å². The van der Waals surface area contributed by atoms with Gasteiger partial charge in [0.2, 0.25) is 0 Å². The summed E-state index contributed by atoms with van der Waals surface area (Å²) in [5.41, 5.74) is 2.41. The number of hydrogen-bond acceptors (Lipinski definition) is 4. The number of likely N-dealkylation sites (N-methyl/N-ethyl adjacent to an activating group) is 1. The first kappa shape index (κ1) is 18.9. The second kappa shape index (κ2) is 8.27. The molecule has 1 atom stereocenters. The third-order valence-corrected chi connectivity index (χ3v) is 4.93. The Kier molecular flexibility index (Phi) is 5.38. The highest BCUT2D eigenvalue weighted by Crippen LogP contribution is 2.31. The number of aromatic hydroxyl groups is 1. The van der Waals surface area contributed by atoms with Crippen LogP contribution in [0.3, 0.4) is 0 Å². The molecule has 29 heavy (non-hydrogen) atoms. The molecule has 0 fully saturated rings. The fourth-order valence-corrected chi connectivity index (χ4v) is 3.44. The summed E-state index contributed by atoms with van der Waals surface area (Å²) < 4.78 is 11.7. The molecule has 0 spiro atoms. The smallest absolute Gasteiger partial charge is 0.257 e. The van der Waals surface area contributed by atoms with Gasteiger partial charge in [-0.3, -0.25) is 4.79 Å². The van der Waals surface area contributed by atoms with E-state index in [1.54, 1.807) is 24.1 Å². The molecule has 0 saturated heterocycles. The standard InChI is InChI=1S/C24H23NO4/c1-25(15-19-16-28-22-9-5-6-10-23(22)29-19)24(27)20-14-18(11-12-21(20)26)13-17-7-3-2-4-8-17/h2-12,14,19,26H,13,15-16H2,1H3. The van der Waals surface area contributed by atoms with Gasteiger partial charge in [0.05, 0.1) is 12.1 Å². The lowest BCUT2D eigenvalue weighted by atomic mass is 10.0. The number of nitrogens with zero attached hydrogens (tertiary/aromatic N) is 1. The minimum absolute atomic E-state index is 0.0233. The Balaban J connectivity index is 1.45. The van der Waals surface area contributed by atoms with Gasteiger partial charge in [-0.25, -0.2) is 0 Å². The van der Waals surface area contributed by atoms with Gasteiger partial charge >= 0.3 is 0 Å². The number of phenolic OH excluding ortho intramolecular Hbond substituents is 1. The molecule has 1 unspecified atom stereocenters. The highest BCUT2D eigenvalue weighted by Gasteiger charge is 2.25. The molecule has 148 valence electrons. The van der Waals surface area contributed by atoms with Crippen LogP contribution in [-0.2, 0) is 6.42 Å². The summed E-state index contributed by atoms with van der Waals surface area (Å²) in [6.07, 6.45) is 0.426. The zero-order valence-corrected chi connectivity index (χ0v) is 16.2. The maximum atomic E-state index is 13.0. The SMILES string of the molecule is CN(CC1COc2ccccc2O1)C(=O)c1cc(Cc2ccccc2)ccc1O. The summed E-state index contributed by atoms with van der Waals surface area (Å²) in [6, 6.07) is 22.7. The van der Waals surface area contributed by atoms with E-state index < -0.39 is 0 Å². The van der Waals surface area contributed by atoms with Crippen LogP contribution in [0.15, 0.2) is 72.8 Å². The Morgan fingerprint density at radius 1 is 1.00 bits per heavy atom. The van der Waals surface area contributed by atoms with Crippen molar-refractivity contribution in [2.45, 2.75) is 12.5 Å². The summed E-state index contributed by atoms with van der Waals surface area (Å²) in [5, 5.41) is 10.3. The Labute approximate surface area is 170 Å². The quantitative estimate of drug-likeness (QED) is 0.719. The lowest BCUT2D eigenvalue weighted by molar-refractivity contribution is 0.0519. The van der Waals surface area contributed by atoms with Crippen LogP contribution in [0.25, 0.3) is 0 Å². The number of rotatable bonds is 5. The van der Waals surface area contributed by atoms with Crippen LogP contribution in [0.2, 0.25) is 0 Å². The third-order valence-electron chi connectivity index (χ3n) is 4.93. The van der Waals surface area contributed by atoms with Crippen LogP contribution in [0.5, 0.6) is 17.2 Å². The summed E-state index contributed by atoms with van der Waals surface area (Å²) in [6.45, 7) is 0.726. The van der Waals surface area contributed by atoms with Gasteiger partial charge in [-0.05, 0) is 41.8 Å². The zero-order valence-electron chi connectivity index (χ0n) is 16.2. The van der Waals surface area contributed by atoms with E-state index in [0.29, 0.717) is 31.1 Å². The average Bonchev–Trinajstić information content (AvgIpc) is 2.75. The van der Waals surface area contributed by atoms with Crippen molar-refractivity contribution in [2.24, 2.45) is 0 Å². The van der Waals surface area contributed by atoms with Crippen LogP contribution in [0.1, 0.15) is 21.5 Å². The molecule has 4 rings (SSSR count). The molecule has 0 aliphatic carbocycles. The molecule has 0 radical (unpaired) electrons. The molecule has 1 heterocycles. The number of hydrogen-bond donors (Lipinski definition) is 1. The topological polar surface area (TPSA) is 59.0 Å². The molecular weight excluding hydrogens is 366 g/mol. The van der Waals surface area contributed by atoms with Crippen LogP contribution < -0.4 is 9.47 Å². The molecule has 5 heteroatoms. The van der Waals surface area contributed by atoms with Gasteiger partial charge in [0.1, 0.15) is 12.4 Å². The lowest BCUT2D eigenvalue weighted by Crippen LogP contribution is -2.41. The minimum Gasteiger partial charge on any atom is -0.507 e. The molecule has 1 aliphatic heterocycles. The van der Waals surface area contributed by atoms with Crippen molar-refractivity contribution in [1.29, 1.82) is 0 Å². The number of carbonyl (C=O) groups excluding carboxylic acids is 1. The largest absolute Gasteiger partial charge is 0.507 e. The van der Waals surface area contributed by atoms with Gasteiger partial charge in [0.15, 0.2) is 17.6 Å². The minimum atomic E-state index is -0.270. The second-order valence-corrected chi connectivity index (χ2v) is 7.20. The molecular formula is C24H23NO4. The van der Waals surface area contributed by atoms with E-state index in [2.05, 4.69) is 0 Å². The third kappa shape index (κ3) is 4.35. The maximum Gasteiger partial charge on any atom is 0.257 e. The lowest BCUT2D eigenvalue weighted by Gasteiger charge is -2.29. The van der Waals surface area contributed by atoms with Crippen molar-refractivity contribution in [2.75, 3.05) is 20.2 Å². The summed E-state index contributed by atoms with van der Waals surface area (Å²) in [5.74, 6) is 1.12. The Morgan fingerprint density at radius 2 is 1.72 bits per heavy atom. The first-order valence-corrected chi connectivity index (χ1v) is 9.60. The molecule has 1 amide bonds. The van der Waals surface area contributed by atoms with E-state index in [9.17, 15) is 9.90 Å². The van der Waals surface area contributed by atoms with Crippen molar-refractivity contribution >= 4 is 5.91 Å².